The molecule has 2 rings (SSSR count). The van der Waals surface area contributed by atoms with Gasteiger partial charge in [0, 0.05) is 11.3 Å². The van der Waals surface area contributed by atoms with Crippen LogP contribution in [0, 0.1) is 11.3 Å². The molecule has 0 spiro atoms. The summed E-state index contributed by atoms with van der Waals surface area (Å²) in [5.41, 5.74) is 9.31. The summed E-state index contributed by atoms with van der Waals surface area (Å²) >= 11 is 0. The lowest BCUT2D eigenvalue weighted by molar-refractivity contribution is 1.48. The number of para-hydroxylation sites is 1. The maximum atomic E-state index is 8.68. The van der Waals surface area contributed by atoms with Gasteiger partial charge < -0.3 is 5.73 Å². The quantitative estimate of drug-likeness (QED) is 0.709. The minimum Gasteiger partial charge on any atom is -0.398 e. The Morgan fingerprint density at radius 2 is 1.60 bits per heavy atom. The van der Waals surface area contributed by atoms with Crippen molar-refractivity contribution in [3.05, 3.63) is 54.1 Å². The van der Waals surface area contributed by atoms with Crippen molar-refractivity contribution in [1.82, 2.24) is 0 Å². The van der Waals surface area contributed by atoms with Crippen LogP contribution in [0.5, 0.6) is 0 Å². The lowest BCUT2D eigenvalue weighted by Gasteiger charge is -2.04. The summed E-state index contributed by atoms with van der Waals surface area (Å²) in [5, 5.41) is 8.68. The molecule has 2 N–H and O–H groups in total. The summed E-state index contributed by atoms with van der Waals surface area (Å²) in [6, 6.07) is 17.2. The van der Waals surface area contributed by atoms with Gasteiger partial charge in [-0.15, -0.1) is 0 Å². The van der Waals surface area contributed by atoms with Crippen molar-refractivity contribution in [3.8, 4) is 17.2 Å². The summed E-state index contributed by atoms with van der Waals surface area (Å²) in [5.74, 6) is 0. The van der Waals surface area contributed by atoms with Gasteiger partial charge in [0.05, 0.1) is 11.6 Å². The van der Waals surface area contributed by atoms with Crippen LogP contribution in [0.15, 0.2) is 48.5 Å². The Labute approximate surface area is 88.6 Å². The van der Waals surface area contributed by atoms with Crippen LogP contribution in [0.25, 0.3) is 11.1 Å². The predicted octanol–water partition coefficient (Wildman–Crippen LogP) is 2.81. The Hall–Kier alpha value is -2.27. The van der Waals surface area contributed by atoms with Crippen molar-refractivity contribution in [2.75, 3.05) is 5.73 Å². The molecule has 0 aliphatic rings. The molecule has 0 radical (unpaired) electrons. The van der Waals surface area contributed by atoms with E-state index in [9.17, 15) is 0 Å². The molecule has 0 unspecified atom stereocenters. The van der Waals surface area contributed by atoms with E-state index >= 15 is 0 Å². The van der Waals surface area contributed by atoms with Gasteiger partial charge in [0.2, 0.25) is 0 Å². The van der Waals surface area contributed by atoms with E-state index in [1.807, 2.05) is 36.4 Å². The second-order valence-corrected chi connectivity index (χ2v) is 3.28. The van der Waals surface area contributed by atoms with Crippen molar-refractivity contribution in [3.63, 3.8) is 0 Å². The molecule has 0 saturated carbocycles. The molecule has 0 bridgehead atoms. The molecule has 2 aromatic carbocycles. The summed E-state index contributed by atoms with van der Waals surface area (Å²) < 4.78 is 0. The zero-order chi connectivity index (χ0) is 10.7. The first-order chi connectivity index (χ1) is 7.31. The number of nitrogens with zero attached hydrogens (tertiary/aromatic N) is 1. The average Bonchev–Trinajstić information content (AvgIpc) is 2.30. The first kappa shape index (κ1) is 9.29. The zero-order valence-electron chi connectivity index (χ0n) is 8.14. The van der Waals surface area contributed by atoms with E-state index in [1.165, 1.54) is 0 Å². The maximum Gasteiger partial charge on any atom is 0.0991 e. The van der Waals surface area contributed by atoms with Gasteiger partial charge in [-0.05, 0) is 23.8 Å². The number of hydrogen-bond acceptors (Lipinski definition) is 2. The van der Waals surface area contributed by atoms with Gasteiger partial charge in [0.25, 0.3) is 0 Å². The summed E-state index contributed by atoms with van der Waals surface area (Å²) in [6.45, 7) is 0. The number of nitrogens with two attached hydrogens (primary N) is 1. The lowest BCUT2D eigenvalue weighted by atomic mass is 10.0. The zero-order valence-corrected chi connectivity index (χ0v) is 8.14. The van der Waals surface area contributed by atoms with E-state index in [4.69, 9.17) is 11.0 Å². The van der Waals surface area contributed by atoms with Crippen LogP contribution in [0.2, 0.25) is 0 Å². The topological polar surface area (TPSA) is 49.8 Å². The molecule has 0 aromatic heterocycles. The van der Waals surface area contributed by atoms with Gasteiger partial charge in [-0.2, -0.15) is 5.26 Å². The second-order valence-electron chi connectivity index (χ2n) is 3.28. The van der Waals surface area contributed by atoms with Gasteiger partial charge >= 0.3 is 0 Å². The summed E-state index contributed by atoms with van der Waals surface area (Å²) in [6.07, 6.45) is 0. The SMILES string of the molecule is N#Cc1ccc(-c2ccccc2N)cc1. The Kier molecular flexibility index (Phi) is 2.38. The van der Waals surface area contributed by atoms with E-state index < -0.39 is 0 Å². The molecule has 0 heterocycles. The number of rotatable bonds is 1. The van der Waals surface area contributed by atoms with Gasteiger partial charge in [-0.25, -0.2) is 0 Å². The van der Waals surface area contributed by atoms with E-state index in [-0.39, 0.29) is 0 Å². The largest absolute Gasteiger partial charge is 0.398 e. The molecule has 0 fully saturated rings. The Morgan fingerprint density at radius 3 is 2.20 bits per heavy atom. The smallest absolute Gasteiger partial charge is 0.0991 e. The fraction of sp³-hybridized carbons (Fsp3) is 0. The number of nitriles is 1. The predicted molar refractivity (Wildman–Crippen MR) is 61.0 cm³/mol. The van der Waals surface area contributed by atoms with E-state index in [2.05, 4.69) is 6.07 Å². The van der Waals surface area contributed by atoms with Crippen LogP contribution in [0.4, 0.5) is 5.69 Å². The van der Waals surface area contributed by atoms with Crippen molar-refractivity contribution in [1.29, 1.82) is 5.26 Å². The lowest BCUT2D eigenvalue weighted by Crippen LogP contribution is -1.88. The van der Waals surface area contributed by atoms with Gasteiger partial charge in [0.1, 0.15) is 0 Å². The molecule has 15 heavy (non-hydrogen) atoms. The third-order valence-corrected chi connectivity index (χ3v) is 2.29. The molecule has 2 nitrogen and oxygen atoms in total. The summed E-state index contributed by atoms with van der Waals surface area (Å²) in [4.78, 5) is 0. The third-order valence-electron chi connectivity index (χ3n) is 2.29. The van der Waals surface area contributed by atoms with Gasteiger partial charge in [-0.3, -0.25) is 0 Å². The second kappa shape index (κ2) is 3.85. The number of nitrogen functional groups attached to an aromatic ring is 1. The highest BCUT2D eigenvalue weighted by Crippen LogP contribution is 2.25. The van der Waals surface area contributed by atoms with Crippen molar-refractivity contribution < 1.29 is 0 Å². The number of anilines is 1. The Bertz CT molecular complexity index is 507. The third kappa shape index (κ3) is 1.82. The molecular formula is C13H10N2. The van der Waals surface area contributed by atoms with Crippen LogP contribution in [-0.4, -0.2) is 0 Å². The molecular weight excluding hydrogens is 184 g/mol. The van der Waals surface area contributed by atoms with Crippen LogP contribution < -0.4 is 5.73 Å². The fourth-order valence-corrected chi connectivity index (χ4v) is 1.48. The van der Waals surface area contributed by atoms with Crippen LogP contribution in [0.1, 0.15) is 5.56 Å². The van der Waals surface area contributed by atoms with Crippen molar-refractivity contribution in [2.45, 2.75) is 0 Å². The van der Waals surface area contributed by atoms with Crippen molar-refractivity contribution >= 4 is 5.69 Å². The molecule has 0 saturated heterocycles. The average molecular weight is 194 g/mol. The highest BCUT2D eigenvalue weighted by molar-refractivity contribution is 5.76. The summed E-state index contributed by atoms with van der Waals surface area (Å²) in [7, 11) is 0. The van der Waals surface area contributed by atoms with Crippen LogP contribution in [-0.2, 0) is 0 Å². The molecule has 0 aliphatic heterocycles. The molecule has 0 amide bonds. The highest BCUT2D eigenvalue weighted by atomic mass is 14.6. The van der Waals surface area contributed by atoms with Crippen LogP contribution in [0.3, 0.4) is 0 Å². The molecule has 0 aliphatic carbocycles. The standard InChI is InChI=1S/C13H10N2/c14-9-10-5-7-11(8-6-10)12-3-1-2-4-13(12)15/h1-8H,15H2. The normalized spacial score (nSPS) is 9.53. The molecule has 72 valence electrons. The minimum atomic E-state index is 0.660. The van der Waals surface area contributed by atoms with E-state index in [1.54, 1.807) is 12.1 Å². The Balaban J connectivity index is 2.47. The number of benzene rings is 2. The van der Waals surface area contributed by atoms with E-state index in [0.717, 1.165) is 16.8 Å². The first-order valence-electron chi connectivity index (χ1n) is 4.66. The van der Waals surface area contributed by atoms with Crippen LogP contribution >= 0.6 is 0 Å². The fourth-order valence-electron chi connectivity index (χ4n) is 1.48. The monoisotopic (exact) mass is 194 g/mol. The minimum absolute atomic E-state index is 0.660. The molecule has 2 heteroatoms. The number of hydrogen-bond donors (Lipinski definition) is 1. The molecule has 0 atom stereocenters. The van der Waals surface area contributed by atoms with Crippen molar-refractivity contribution in [2.24, 2.45) is 0 Å². The van der Waals surface area contributed by atoms with E-state index in [0.29, 0.717) is 5.56 Å². The van der Waals surface area contributed by atoms with Gasteiger partial charge in [-0.1, -0.05) is 30.3 Å². The molecule has 2 aromatic rings. The maximum absolute atomic E-state index is 8.68. The Morgan fingerprint density at radius 1 is 0.933 bits per heavy atom. The highest BCUT2D eigenvalue weighted by Gasteiger charge is 2.00. The van der Waals surface area contributed by atoms with Gasteiger partial charge in [0.15, 0.2) is 0 Å². The first-order valence-corrected chi connectivity index (χ1v) is 4.66.